The fraction of sp³-hybridized carbons (Fsp3) is 0.167. The number of Topliss-reactive ketones (excluding diaryl/α,β-unsaturated/α-hetero) is 1. The number of carbonyl (C=O) groups excluding carboxylic acids is 1. The van der Waals surface area contributed by atoms with Crippen LogP contribution < -0.4 is 0 Å². The first kappa shape index (κ1) is 10.1. The minimum Gasteiger partial charge on any atom is -0.300 e. The summed E-state index contributed by atoms with van der Waals surface area (Å²) < 4.78 is 4.25. The van der Waals surface area contributed by atoms with Crippen LogP contribution in [-0.2, 0) is 11.2 Å². The van der Waals surface area contributed by atoms with Crippen LogP contribution in [0.15, 0.2) is 35.7 Å². The number of nitrogens with zero attached hydrogens (tertiary/aromatic N) is 1. The largest absolute Gasteiger partial charge is 0.300 e. The number of hydrogen-bond donors (Lipinski definition) is 0. The van der Waals surface area contributed by atoms with Gasteiger partial charge in [-0.3, -0.25) is 4.79 Å². The highest BCUT2D eigenvalue weighted by atomic mass is 32.1. The highest BCUT2D eigenvalue weighted by molar-refractivity contribution is 7.03. The lowest BCUT2D eigenvalue weighted by molar-refractivity contribution is -0.116. The van der Waals surface area contributed by atoms with Crippen molar-refractivity contribution in [2.24, 2.45) is 0 Å². The van der Waals surface area contributed by atoms with Crippen molar-refractivity contribution in [1.29, 1.82) is 0 Å². The summed E-state index contributed by atoms with van der Waals surface area (Å²) in [5.41, 5.74) is 3.15. The Kier molecular flexibility index (Phi) is 2.92. The molecule has 0 N–H and O–H groups in total. The van der Waals surface area contributed by atoms with Gasteiger partial charge in [0.2, 0.25) is 0 Å². The molecule has 0 radical (unpaired) electrons. The van der Waals surface area contributed by atoms with Crippen LogP contribution in [-0.4, -0.2) is 10.2 Å². The van der Waals surface area contributed by atoms with Crippen molar-refractivity contribution in [1.82, 2.24) is 4.37 Å². The van der Waals surface area contributed by atoms with Gasteiger partial charge in [0.05, 0.1) is 5.69 Å². The summed E-state index contributed by atoms with van der Waals surface area (Å²) >= 11 is 1.45. The second-order valence-electron chi connectivity index (χ2n) is 3.46. The van der Waals surface area contributed by atoms with E-state index in [2.05, 4.69) is 4.37 Å². The van der Waals surface area contributed by atoms with Crippen LogP contribution in [0.2, 0.25) is 0 Å². The number of hydrogen-bond acceptors (Lipinski definition) is 3. The average Bonchev–Trinajstić information content (AvgIpc) is 2.71. The van der Waals surface area contributed by atoms with Crippen LogP contribution in [0, 0.1) is 0 Å². The van der Waals surface area contributed by atoms with E-state index in [-0.39, 0.29) is 5.78 Å². The standard InChI is InChI=1S/C12H11NOS/c1-9(14)8-10-2-4-11(5-3-10)12-6-7-15-13-12/h2-7H,8H2,1H3. The lowest BCUT2D eigenvalue weighted by Crippen LogP contribution is -1.95. The average molecular weight is 217 g/mol. The second kappa shape index (κ2) is 4.36. The molecule has 3 heteroatoms. The van der Waals surface area contributed by atoms with E-state index in [1.807, 2.05) is 35.7 Å². The van der Waals surface area contributed by atoms with Gasteiger partial charge in [-0.2, -0.15) is 4.37 Å². The normalized spacial score (nSPS) is 10.2. The van der Waals surface area contributed by atoms with Gasteiger partial charge in [-0.25, -0.2) is 0 Å². The van der Waals surface area contributed by atoms with Gasteiger partial charge >= 0.3 is 0 Å². The van der Waals surface area contributed by atoms with Crippen molar-refractivity contribution in [3.63, 3.8) is 0 Å². The van der Waals surface area contributed by atoms with E-state index in [9.17, 15) is 4.79 Å². The first-order valence-electron chi connectivity index (χ1n) is 4.75. The minimum absolute atomic E-state index is 0.191. The third-order valence-corrected chi connectivity index (χ3v) is 2.70. The maximum atomic E-state index is 10.9. The predicted octanol–water partition coefficient (Wildman–Crippen LogP) is 2.94. The van der Waals surface area contributed by atoms with Gasteiger partial charge in [-0.05, 0) is 30.1 Å². The Morgan fingerprint density at radius 2 is 2.00 bits per heavy atom. The minimum atomic E-state index is 0.191. The molecule has 0 unspecified atom stereocenters. The Bertz CT molecular complexity index is 445. The molecular weight excluding hydrogens is 206 g/mol. The molecule has 0 aliphatic carbocycles. The zero-order chi connectivity index (χ0) is 10.7. The molecule has 1 heterocycles. The third kappa shape index (κ3) is 2.50. The van der Waals surface area contributed by atoms with Crippen molar-refractivity contribution in [3.05, 3.63) is 41.3 Å². The lowest BCUT2D eigenvalue weighted by atomic mass is 10.1. The van der Waals surface area contributed by atoms with E-state index in [1.54, 1.807) is 6.92 Å². The summed E-state index contributed by atoms with van der Waals surface area (Å²) in [4.78, 5) is 10.9. The SMILES string of the molecule is CC(=O)Cc1ccc(-c2ccsn2)cc1. The number of benzene rings is 1. The number of rotatable bonds is 3. The van der Waals surface area contributed by atoms with E-state index in [0.717, 1.165) is 16.8 Å². The third-order valence-electron chi connectivity index (χ3n) is 2.14. The summed E-state index contributed by atoms with van der Waals surface area (Å²) in [6.07, 6.45) is 0.511. The quantitative estimate of drug-likeness (QED) is 0.791. The fourth-order valence-corrected chi connectivity index (χ4v) is 1.97. The Morgan fingerprint density at radius 1 is 1.27 bits per heavy atom. The van der Waals surface area contributed by atoms with Crippen LogP contribution in [0.5, 0.6) is 0 Å². The number of ketones is 1. The summed E-state index contributed by atoms with van der Waals surface area (Å²) in [5, 5.41) is 1.96. The second-order valence-corrected chi connectivity index (χ2v) is 4.13. The van der Waals surface area contributed by atoms with E-state index >= 15 is 0 Å². The van der Waals surface area contributed by atoms with Crippen molar-refractivity contribution in [3.8, 4) is 11.3 Å². The van der Waals surface area contributed by atoms with Gasteiger partial charge in [-0.1, -0.05) is 24.3 Å². The summed E-state index contributed by atoms with van der Waals surface area (Å²) in [6, 6.07) is 9.97. The molecule has 0 bridgehead atoms. The van der Waals surface area contributed by atoms with Crippen LogP contribution in [0.4, 0.5) is 0 Å². The van der Waals surface area contributed by atoms with E-state index < -0.39 is 0 Å². The van der Waals surface area contributed by atoms with Crippen molar-refractivity contribution >= 4 is 17.3 Å². The molecular formula is C12H11NOS. The monoisotopic (exact) mass is 217 g/mol. The van der Waals surface area contributed by atoms with Crippen molar-refractivity contribution in [2.75, 3.05) is 0 Å². The Morgan fingerprint density at radius 3 is 2.53 bits per heavy atom. The molecule has 2 aromatic rings. The molecule has 2 rings (SSSR count). The molecule has 0 saturated carbocycles. The van der Waals surface area contributed by atoms with Gasteiger partial charge in [0.25, 0.3) is 0 Å². The predicted molar refractivity (Wildman–Crippen MR) is 61.9 cm³/mol. The van der Waals surface area contributed by atoms with E-state index in [4.69, 9.17) is 0 Å². The molecule has 0 amide bonds. The highest BCUT2D eigenvalue weighted by Gasteiger charge is 2.01. The van der Waals surface area contributed by atoms with Crippen molar-refractivity contribution in [2.45, 2.75) is 13.3 Å². The van der Waals surface area contributed by atoms with Crippen LogP contribution in [0.25, 0.3) is 11.3 Å². The molecule has 2 nitrogen and oxygen atoms in total. The smallest absolute Gasteiger partial charge is 0.134 e. The molecule has 15 heavy (non-hydrogen) atoms. The fourth-order valence-electron chi connectivity index (χ4n) is 1.44. The van der Waals surface area contributed by atoms with Crippen LogP contribution in [0.1, 0.15) is 12.5 Å². The molecule has 1 aromatic carbocycles. The molecule has 0 aliphatic heterocycles. The van der Waals surface area contributed by atoms with Gasteiger partial charge < -0.3 is 0 Å². The molecule has 1 aromatic heterocycles. The van der Waals surface area contributed by atoms with E-state index in [1.165, 1.54) is 11.5 Å². The molecule has 0 spiro atoms. The Balaban J connectivity index is 2.21. The topological polar surface area (TPSA) is 30.0 Å². The summed E-state index contributed by atoms with van der Waals surface area (Å²) in [7, 11) is 0. The van der Waals surface area contributed by atoms with Crippen LogP contribution >= 0.6 is 11.5 Å². The van der Waals surface area contributed by atoms with E-state index in [0.29, 0.717) is 6.42 Å². The Hall–Kier alpha value is -1.48. The Labute approximate surface area is 92.7 Å². The number of aromatic nitrogens is 1. The van der Waals surface area contributed by atoms with Gasteiger partial charge in [0.1, 0.15) is 5.78 Å². The molecule has 0 aliphatic rings. The van der Waals surface area contributed by atoms with Gasteiger partial charge in [-0.15, -0.1) is 0 Å². The highest BCUT2D eigenvalue weighted by Crippen LogP contribution is 2.19. The van der Waals surface area contributed by atoms with Gasteiger partial charge in [0, 0.05) is 17.4 Å². The van der Waals surface area contributed by atoms with Crippen LogP contribution in [0.3, 0.4) is 0 Å². The molecule has 0 atom stereocenters. The zero-order valence-electron chi connectivity index (χ0n) is 8.43. The molecule has 0 saturated heterocycles. The first-order chi connectivity index (χ1) is 7.25. The first-order valence-corrected chi connectivity index (χ1v) is 5.58. The summed E-state index contributed by atoms with van der Waals surface area (Å²) in [5.74, 6) is 0.191. The summed E-state index contributed by atoms with van der Waals surface area (Å²) in [6.45, 7) is 1.61. The molecule has 0 fully saturated rings. The number of carbonyl (C=O) groups is 1. The lowest BCUT2D eigenvalue weighted by Gasteiger charge is -1.99. The van der Waals surface area contributed by atoms with Gasteiger partial charge in [0.15, 0.2) is 0 Å². The zero-order valence-corrected chi connectivity index (χ0v) is 9.25. The maximum absolute atomic E-state index is 10.9. The molecule has 76 valence electrons. The maximum Gasteiger partial charge on any atom is 0.134 e. The van der Waals surface area contributed by atoms with Crippen molar-refractivity contribution < 1.29 is 4.79 Å².